The Morgan fingerprint density at radius 2 is 0.772 bits per heavy atom. The zero-order valence-corrected chi connectivity index (χ0v) is 33.1. The Balaban J connectivity index is 1.07. The lowest BCUT2D eigenvalue weighted by atomic mass is 9.81. The summed E-state index contributed by atoms with van der Waals surface area (Å²) < 4.78 is 2.44. The number of nitrogens with zero attached hydrogens (tertiary/aromatic N) is 2. The van der Waals surface area contributed by atoms with Crippen LogP contribution in [0.5, 0.6) is 0 Å². The van der Waals surface area contributed by atoms with E-state index in [4.69, 9.17) is 0 Å². The number of aromatic nitrogens is 1. The standard InChI is InChI=1S/C55H44N2/c1-54(2)48-17-11-9-15-42(48)44-27-19-37(33-50(44)54)35-21-29-52-46(31-35)47-32-36(38-20-28-45-43-16-10-12-18-49(43)55(3,4)51(45)34-38)22-30-53(47)57(52)41-25-23-40(24-26-41)56(5)39-13-7-6-8-14-39/h6-34H,1-5H3. The molecule has 11 rings (SSSR count). The molecule has 0 saturated carbocycles. The fourth-order valence-electron chi connectivity index (χ4n) is 10.1. The van der Waals surface area contributed by atoms with Crippen molar-refractivity contribution in [1.29, 1.82) is 0 Å². The molecule has 57 heavy (non-hydrogen) atoms. The quantitative estimate of drug-likeness (QED) is 0.171. The molecule has 0 spiro atoms. The first-order valence-corrected chi connectivity index (χ1v) is 20.2. The molecule has 0 saturated heterocycles. The van der Waals surface area contributed by atoms with Gasteiger partial charge in [0.2, 0.25) is 0 Å². The molecule has 0 N–H and O–H groups in total. The zero-order chi connectivity index (χ0) is 38.6. The maximum absolute atomic E-state index is 2.44. The number of anilines is 2. The number of para-hydroxylation sites is 1. The second kappa shape index (κ2) is 12.2. The van der Waals surface area contributed by atoms with Crippen molar-refractivity contribution in [3.05, 3.63) is 198 Å². The third kappa shape index (κ3) is 4.96. The van der Waals surface area contributed by atoms with Crippen molar-refractivity contribution in [3.8, 4) is 50.2 Å². The number of fused-ring (bicyclic) bond motifs is 9. The van der Waals surface area contributed by atoms with Crippen LogP contribution in [-0.4, -0.2) is 11.6 Å². The molecule has 8 aromatic carbocycles. The van der Waals surface area contributed by atoms with Crippen molar-refractivity contribution in [2.75, 3.05) is 11.9 Å². The largest absolute Gasteiger partial charge is 0.345 e. The third-order valence-electron chi connectivity index (χ3n) is 13.2. The highest BCUT2D eigenvalue weighted by molar-refractivity contribution is 6.12. The average molecular weight is 733 g/mol. The molecule has 0 bridgehead atoms. The van der Waals surface area contributed by atoms with Gasteiger partial charge in [0, 0.05) is 45.7 Å². The molecule has 0 aliphatic heterocycles. The van der Waals surface area contributed by atoms with Gasteiger partial charge < -0.3 is 9.47 Å². The second-order valence-electron chi connectivity index (χ2n) is 17.1. The van der Waals surface area contributed by atoms with Crippen LogP contribution in [0.4, 0.5) is 11.4 Å². The van der Waals surface area contributed by atoms with Crippen LogP contribution in [0.1, 0.15) is 49.9 Å². The molecule has 1 aromatic heterocycles. The predicted molar refractivity (Wildman–Crippen MR) is 241 cm³/mol. The Morgan fingerprint density at radius 1 is 0.368 bits per heavy atom. The lowest BCUT2D eigenvalue weighted by molar-refractivity contribution is 0.660. The molecule has 9 aromatic rings. The van der Waals surface area contributed by atoms with Gasteiger partial charge in [0.25, 0.3) is 0 Å². The highest BCUT2D eigenvalue weighted by atomic mass is 15.1. The number of benzene rings is 8. The molecule has 0 amide bonds. The first-order chi connectivity index (χ1) is 27.7. The lowest BCUT2D eigenvalue weighted by Gasteiger charge is -2.22. The van der Waals surface area contributed by atoms with Crippen LogP contribution in [0.15, 0.2) is 176 Å². The summed E-state index contributed by atoms with van der Waals surface area (Å²) in [7, 11) is 2.13. The molecule has 2 aliphatic carbocycles. The van der Waals surface area contributed by atoms with Crippen LogP contribution < -0.4 is 4.90 Å². The SMILES string of the molecule is CN(c1ccccc1)c1ccc(-n2c3ccc(-c4ccc5c(c4)C(C)(C)c4ccccc4-5)cc3c3cc(-c4ccc5c(c4)C(C)(C)c4ccccc4-5)ccc32)cc1. The van der Waals surface area contributed by atoms with Gasteiger partial charge in [-0.15, -0.1) is 0 Å². The van der Waals surface area contributed by atoms with E-state index in [0.717, 1.165) is 11.4 Å². The van der Waals surface area contributed by atoms with Crippen LogP contribution in [-0.2, 0) is 10.8 Å². The minimum atomic E-state index is -0.0521. The van der Waals surface area contributed by atoms with Crippen LogP contribution in [0.3, 0.4) is 0 Å². The molecule has 2 heteroatoms. The van der Waals surface area contributed by atoms with Crippen molar-refractivity contribution in [1.82, 2.24) is 4.57 Å². The van der Waals surface area contributed by atoms with Crippen LogP contribution >= 0.6 is 0 Å². The Labute approximate surface area is 335 Å². The Hall–Kier alpha value is -6.64. The van der Waals surface area contributed by atoms with E-state index < -0.39 is 0 Å². The van der Waals surface area contributed by atoms with Gasteiger partial charge in [0.1, 0.15) is 0 Å². The van der Waals surface area contributed by atoms with Gasteiger partial charge in [-0.25, -0.2) is 0 Å². The third-order valence-corrected chi connectivity index (χ3v) is 13.2. The summed E-state index contributed by atoms with van der Waals surface area (Å²) in [6.45, 7) is 9.45. The van der Waals surface area contributed by atoms with Gasteiger partial charge in [-0.05, 0) is 140 Å². The highest BCUT2D eigenvalue weighted by Crippen LogP contribution is 2.51. The van der Waals surface area contributed by atoms with Gasteiger partial charge >= 0.3 is 0 Å². The van der Waals surface area contributed by atoms with Crippen molar-refractivity contribution in [2.24, 2.45) is 0 Å². The Kier molecular flexibility index (Phi) is 7.20. The summed E-state index contributed by atoms with van der Waals surface area (Å²) in [6.07, 6.45) is 0. The fourth-order valence-corrected chi connectivity index (χ4v) is 10.1. The van der Waals surface area contributed by atoms with E-state index in [2.05, 4.69) is 220 Å². The molecule has 274 valence electrons. The minimum absolute atomic E-state index is 0.0521. The minimum Gasteiger partial charge on any atom is -0.345 e. The van der Waals surface area contributed by atoms with E-state index in [-0.39, 0.29) is 10.8 Å². The molecular weight excluding hydrogens is 689 g/mol. The number of hydrogen-bond acceptors (Lipinski definition) is 1. The smallest absolute Gasteiger partial charge is 0.0541 e. The van der Waals surface area contributed by atoms with Crippen LogP contribution in [0.25, 0.3) is 72.0 Å². The number of hydrogen-bond donors (Lipinski definition) is 0. The lowest BCUT2D eigenvalue weighted by Crippen LogP contribution is -2.14. The second-order valence-corrected chi connectivity index (χ2v) is 17.1. The molecule has 2 aliphatic rings. The molecule has 0 unspecified atom stereocenters. The van der Waals surface area contributed by atoms with Crippen LogP contribution in [0.2, 0.25) is 0 Å². The monoisotopic (exact) mass is 732 g/mol. The van der Waals surface area contributed by atoms with Gasteiger partial charge in [-0.3, -0.25) is 0 Å². The maximum atomic E-state index is 2.44. The molecule has 0 atom stereocenters. The Morgan fingerprint density at radius 3 is 1.28 bits per heavy atom. The van der Waals surface area contributed by atoms with Gasteiger partial charge in [-0.2, -0.15) is 0 Å². The van der Waals surface area contributed by atoms with Crippen molar-refractivity contribution in [2.45, 2.75) is 38.5 Å². The van der Waals surface area contributed by atoms with Gasteiger partial charge in [0.05, 0.1) is 11.0 Å². The van der Waals surface area contributed by atoms with Crippen molar-refractivity contribution in [3.63, 3.8) is 0 Å². The first-order valence-electron chi connectivity index (χ1n) is 20.2. The summed E-state index contributed by atoms with van der Waals surface area (Å²) >= 11 is 0. The van der Waals surface area contributed by atoms with Gasteiger partial charge in [-0.1, -0.05) is 131 Å². The van der Waals surface area contributed by atoms with E-state index in [9.17, 15) is 0 Å². The van der Waals surface area contributed by atoms with E-state index in [1.54, 1.807) is 0 Å². The van der Waals surface area contributed by atoms with E-state index in [1.165, 1.54) is 94.3 Å². The zero-order valence-electron chi connectivity index (χ0n) is 33.1. The van der Waals surface area contributed by atoms with E-state index in [0.29, 0.717) is 0 Å². The van der Waals surface area contributed by atoms with Gasteiger partial charge in [0.15, 0.2) is 0 Å². The molecule has 2 nitrogen and oxygen atoms in total. The summed E-state index contributed by atoms with van der Waals surface area (Å²) in [5, 5.41) is 2.51. The summed E-state index contributed by atoms with van der Waals surface area (Å²) in [4.78, 5) is 2.24. The number of rotatable bonds is 5. The predicted octanol–water partition coefficient (Wildman–Crippen LogP) is 14.5. The normalized spacial score (nSPS) is 14.3. The van der Waals surface area contributed by atoms with Crippen LogP contribution in [0, 0.1) is 0 Å². The summed E-state index contributed by atoms with van der Waals surface area (Å²) in [5.74, 6) is 0. The maximum Gasteiger partial charge on any atom is 0.0541 e. The summed E-state index contributed by atoms with van der Waals surface area (Å²) in [5.41, 5.74) is 21.8. The van der Waals surface area contributed by atoms with E-state index in [1.807, 2.05) is 0 Å². The topological polar surface area (TPSA) is 8.17 Å². The fraction of sp³-hybridized carbons (Fsp3) is 0.127. The molecular formula is C55H44N2. The molecule has 1 heterocycles. The summed E-state index contributed by atoms with van der Waals surface area (Å²) in [6, 6.07) is 65.6. The first kappa shape index (κ1) is 33.7. The highest BCUT2D eigenvalue weighted by Gasteiger charge is 2.36. The van der Waals surface area contributed by atoms with Crippen molar-refractivity contribution < 1.29 is 0 Å². The Bertz CT molecular complexity index is 2900. The molecule has 0 fully saturated rings. The van der Waals surface area contributed by atoms with E-state index >= 15 is 0 Å². The molecule has 0 radical (unpaired) electrons. The van der Waals surface area contributed by atoms with Crippen molar-refractivity contribution >= 4 is 33.2 Å². The average Bonchev–Trinajstić information content (AvgIpc) is 3.79.